The molecule has 0 spiro atoms. The minimum atomic E-state index is -1.22. The molecular weight excluding hydrogens is 398 g/mol. The lowest BCUT2D eigenvalue weighted by Gasteiger charge is -2.25. The van der Waals surface area contributed by atoms with Gasteiger partial charge in [-0.05, 0) is 55.0 Å². The highest BCUT2D eigenvalue weighted by Gasteiger charge is 2.40. The van der Waals surface area contributed by atoms with E-state index in [1.165, 1.54) is 7.11 Å². The number of aliphatic carboxylic acids is 1. The predicted molar refractivity (Wildman–Crippen MR) is 107 cm³/mol. The van der Waals surface area contributed by atoms with Crippen LogP contribution in [0.1, 0.15) is 35.2 Å². The number of carbonyl (C=O) groups excluding carboxylic acids is 2. The molecule has 3 rings (SSSR count). The number of ether oxygens (including phenoxy) is 2. The van der Waals surface area contributed by atoms with Crippen molar-refractivity contribution < 1.29 is 29.0 Å². The van der Waals surface area contributed by atoms with Crippen molar-refractivity contribution in [2.45, 2.75) is 25.3 Å². The van der Waals surface area contributed by atoms with Crippen molar-refractivity contribution in [2.75, 3.05) is 18.6 Å². The van der Waals surface area contributed by atoms with Crippen molar-refractivity contribution in [3.8, 4) is 5.75 Å². The topological polar surface area (TPSA) is 93.1 Å². The van der Waals surface area contributed by atoms with Crippen molar-refractivity contribution in [3.63, 3.8) is 0 Å². The maximum absolute atomic E-state index is 13.2. The average Bonchev–Trinajstić information content (AvgIpc) is 2.97. The van der Waals surface area contributed by atoms with Crippen molar-refractivity contribution >= 4 is 35.1 Å². The van der Waals surface area contributed by atoms with Crippen LogP contribution in [0.3, 0.4) is 0 Å². The highest BCUT2D eigenvalue weighted by atomic mass is 35.5. The Hall–Kier alpha value is -3.06. The van der Waals surface area contributed by atoms with Gasteiger partial charge in [-0.15, -0.1) is 0 Å². The number of hydrogen-bond acceptors (Lipinski definition) is 5. The van der Waals surface area contributed by atoms with Gasteiger partial charge in [-0.2, -0.15) is 0 Å². The largest absolute Gasteiger partial charge is 0.497 e. The molecule has 152 valence electrons. The van der Waals surface area contributed by atoms with Gasteiger partial charge in [0.05, 0.1) is 13.5 Å². The van der Waals surface area contributed by atoms with E-state index >= 15 is 0 Å². The number of amides is 1. The normalized spacial score (nSPS) is 17.6. The van der Waals surface area contributed by atoms with Gasteiger partial charge in [0, 0.05) is 28.2 Å². The van der Waals surface area contributed by atoms with Gasteiger partial charge in [-0.1, -0.05) is 11.6 Å². The van der Waals surface area contributed by atoms with Crippen LogP contribution >= 0.6 is 11.6 Å². The van der Waals surface area contributed by atoms with Crippen LogP contribution in [0.25, 0.3) is 0 Å². The van der Waals surface area contributed by atoms with Crippen LogP contribution in [-0.2, 0) is 14.3 Å². The number of carbonyl (C=O) groups is 3. The van der Waals surface area contributed by atoms with E-state index in [2.05, 4.69) is 0 Å². The number of rotatable bonds is 6. The first-order valence-corrected chi connectivity index (χ1v) is 9.34. The zero-order valence-corrected chi connectivity index (χ0v) is 16.7. The van der Waals surface area contributed by atoms with Crippen molar-refractivity contribution in [2.24, 2.45) is 0 Å². The Morgan fingerprint density at radius 2 is 1.83 bits per heavy atom. The van der Waals surface area contributed by atoms with Crippen LogP contribution in [0.2, 0.25) is 5.02 Å². The summed E-state index contributed by atoms with van der Waals surface area (Å²) in [5, 5.41) is 9.23. The highest BCUT2D eigenvalue weighted by Crippen LogP contribution is 2.45. The van der Waals surface area contributed by atoms with Crippen LogP contribution < -0.4 is 9.64 Å². The number of benzene rings is 2. The second-order valence-corrected chi connectivity index (χ2v) is 7.15. The molecule has 1 heterocycles. The van der Waals surface area contributed by atoms with Crippen molar-refractivity contribution in [1.29, 1.82) is 0 Å². The van der Waals surface area contributed by atoms with E-state index in [-0.39, 0.29) is 24.3 Å². The monoisotopic (exact) mass is 417 g/mol. The van der Waals surface area contributed by atoms with Gasteiger partial charge in [-0.3, -0.25) is 9.59 Å². The number of hydrogen-bond donors (Lipinski definition) is 1. The lowest BCUT2D eigenvalue weighted by atomic mass is 9.92. The van der Waals surface area contributed by atoms with Crippen LogP contribution in [0.5, 0.6) is 5.75 Å². The van der Waals surface area contributed by atoms with Crippen LogP contribution in [0.4, 0.5) is 5.69 Å². The number of anilines is 1. The second-order valence-electron chi connectivity index (χ2n) is 6.71. The van der Waals surface area contributed by atoms with Gasteiger partial charge in [-0.25, -0.2) is 4.79 Å². The molecule has 0 radical (unpaired) electrons. The Bertz CT molecular complexity index is 943. The first-order chi connectivity index (χ1) is 13.8. The Labute approximate surface area is 172 Å². The summed E-state index contributed by atoms with van der Waals surface area (Å²) in [6.07, 6.45) is -0.0565. The van der Waals surface area contributed by atoms with Gasteiger partial charge in [0.15, 0.2) is 6.61 Å². The van der Waals surface area contributed by atoms with Gasteiger partial charge in [0.2, 0.25) is 0 Å². The van der Waals surface area contributed by atoms with E-state index in [0.717, 1.165) is 5.56 Å². The van der Waals surface area contributed by atoms with E-state index in [0.29, 0.717) is 22.0 Å². The fourth-order valence-electron chi connectivity index (χ4n) is 3.52. The molecule has 1 N–H and O–H groups in total. The summed E-state index contributed by atoms with van der Waals surface area (Å²) in [6, 6.07) is 11.5. The molecule has 0 bridgehead atoms. The maximum atomic E-state index is 13.2. The Balaban J connectivity index is 1.93. The molecule has 7 nitrogen and oxygen atoms in total. The lowest BCUT2D eigenvalue weighted by molar-refractivity contribution is -0.155. The molecule has 2 aromatic carbocycles. The zero-order valence-electron chi connectivity index (χ0n) is 15.9. The molecule has 8 heteroatoms. The molecule has 0 saturated heterocycles. The molecule has 0 aliphatic carbocycles. The number of esters is 1. The summed E-state index contributed by atoms with van der Waals surface area (Å²) in [4.78, 5) is 37.6. The van der Waals surface area contributed by atoms with Crippen LogP contribution in [0, 0.1) is 0 Å². The SMILES string of the molecule is COc1ccc2c(c1)C(CC(=O)OCC(=O)O)C(C)N2C(=O)c1ccc(Cl)cc1. The molecule has 2 aromatic rings. The summed E-state index contributed by atoms with van der Waals surface area (Å²) < 4.78 is 10.1. The number of carboxylic acid groups (broad SMARTS) is 1. The molecule has 0 aromatic heterocycles. The third-order valence-electron chi connectivity index (χ3n) is 4.94. The standard InChI is InChI=1S/C21H20ClNO6/c1-12-16(10-20(26)29-11-19(24)25)17-9-15(28-2)7-8-18(17)23(12)21(27)13-3-5-14(22)6-4-13/h3-9,12,16H,10-11H2,1-2H3,(H,24,25). The third-order valence-corrected chi connectivity index (χ3v) is 5.19. The zero-order chi connectivity index (χ0) is 21.1. The van der Waals surface area contributed by atoms with Gasteiger partial charge >= 0.3 is 11.9 Å². The third kappa shape index (κ3) is 4.35. The second kappa shape index (κ2) is 8.53. The lowest BCUT2D eigenvalue weighted by Crippen LogP contribution is -2.37. The van der Waals surface area contributed by atoms with E-state index in [9.17, 15) is 14.4 Å². The number of halogens is 1. The van der Waals surface area contributed by atoms with Crippen molar-refractivity contribution in [1.82, 2.24) is 0 Å². The number of carboxylic acids is 1. The average molecular weight is 418 g/mol. The Kier molecular flexibility index (Phi) is 6.08. The van der Waals surface area contributed by atoms with Gasteiger partial charge in [0.1, 0.15) is 5.75 Å². The van der Waals surface area contributed by atoms with E-state index in [1.54, 1.807) is 47.4 Å². The van der Waals surface area contributed by atoms with Crippen LogP contribution in [-0.4, -0.2) is 42.7 Å². The molecule has 29 heavy (non-hydrogen) atoms. The smallest absolute Gasteiger partial charge is 0.341 e. The van der Waals surface area contributed by atoms with Crippen LogP contribution in [0.15, 0.2) is 42.5 Å². The van der Waals surface area contributed by atoms with Gasteiger partial charge in [0.25, 0.3) is 5.91 Å². The fourth-order valence-corrected chi connectivity index (χ4v) is 3.65. The Morgan fingerprint density at radius 1 is 1.14 bits per heavy atom. The minimum absolute atomic E-state index is 0.0565. The first-order valence-electron chi connectivity index (χ1n) is 8.96. The first kappa shape index (κ1) is 20.7. The minimum Gasteiger partial charge on any atom is -0.497 e. The molecular formula is C21H20ClNO6. The number of methoxy groups -OCH3 is 1. The summed E-state index contributed by atoms with van der Waals surface area (Å²) in [6.45, 7) is 1.15. The fraction of sp³-hybridized carbons (Fsp3) is 0.286. The summed E-state index contributed by atoms with van der Waals surface area (Å²) in [5.74, 6) is -1.85. The molecule has 2 atom stereocenters. The van der Waals surface area contributed by atoms with E-state index in [1.807, 2.05) is 6.92 Å². The molecule has 1 aliphatic rings. The van der Waals surface area contributed by atoms with E-state index < -0.39 is 18.5 Å². The molecule has 2 unspecified atom stereocenters. The maximum Gasteiger partial charge on any atom is 0.341 e. The highest BCUT2D eigenvalue weighted by molar-refractivity contribution is 6.30. The van der Waals surface area contributed by atoms with Crippen molar-refractivity contribution in [3.05, 3.63) is 58.6 Å². The summed E-state index contributed by atoms with van der Waals surface area (Å²) in [5.41, 5.74) is 1.91. The summed E-state index contributed by atoms with van der Waals surface area (Å²) in [7, 11) is 1.53. The molecule has 0 saturated carbocycles. The Morgan fingerprint density at radius 3 is 2.45 bits per heavy atom. The quantitative estimate of drug-likeness (QED) is 0.723. The molecule has 1 amide bonds. The summed E-state index contributed by atoms with van der Waals surface area (Å²) >= 11 is 5.92. The predicted octanol–water partition coefficient (Wildman–Crippen LogP) is 3.50. The number of nitrogens with zero attached hydrogens (tertiary/aromatic N) is 1. The molecule has 0 fully saturated rings. The molecule has 1 aliphatic heterocycles. The van der Waals surface area contributed by atoms with Gasteiger partial charge < -0.3 is 19.5 Å². The van der Waals surface area contributed by atoms with E-state index in [4.69, 9.17) is 26.2 Å². The number of fused-ring (bicyclic) bond motifs is 1.